The van der Waals surface area contributed by atoms with Crippen molar-refractivity contribution in [2.75, 3.05) is 33.4 Å². The number of hydrogen-bond donors (Lipinski definition) is 1. The number of hydrogen-bond acceptors (Lipinski definition) is 5. The van der Waals surface area contributed by atoms with Crippen molar-refractivity contribution < 1.29 is 14.4 Å². The number of ether oxygens (including phenoxy) is 2. The third-order valence-electron chi connectivity index (χ3n) is 3.46. The summed E-state index contributed by atoms with van der Waals surface area (Å²) < 4.78 is 12.3. The van der Waals surface area contributed by atoms with Crippen LogP contribution in [-0.2, 0) is 11.3 Å². The fraction of sp³-hybridized carbons (Fsp3) is 0.462. The van der Waals surface area contributed by atoms with Crippen molar-refractivity contribution in [2.24, 2.45) is 0 Å². The summed E-state index contributed by atoms with van der Waals surface area (Å²) in [5.74, 6) is 1.69. The molecule has 0 unspecified atom stereocenters. The molecular weight excluding hydrogens is 258 g/mol. The van der Waals surface area contributed by atoms with Crippen molar-refractivity contribution in [3.05, 3.63) is 30.1 Å². The van der Waals surface area contributed by atoms with E-state index < -0.39 is 0 Å². The van der Waals surface area contributed by atoms with Crippen LogP contribution in [0.15, 0.2) is 24.3 Å². The topological polar surface area (TPSA) is 66.5 Å². The fourth-order valence-corrected chi connectivity index (χ4v) is 2.30. The lowest BCUT2D eigenvalue weighted by atomic mass is 10.3. The van der Waals surface area contributed by atoms with Crippen LogP contribution in [0.5, 0.6) is 5.75 Å². The van der Waals surface area contributed by atoms with E-state index in [9.17, 15) is 0 Å². The standard InChI is InChI=1S/C13H17N5O2/c1-19-12-4-2-11(3-5-12)18-13(14-15-16-18)10-17-6-8-20-9-7-17/h2-5H,6-10H2,1H3/p+1. The third-order valence-corrected chi connectivity index (χ3v) is 3.46. The van der Waals surface area contributed by atoms with E-state index in [1.165, 1.54) is 4.90 Å². The Labute approximate surface area is 117 Å². The molecule has 1 fully saturated rings. The van der Waals surface area contributed by atoms with Crippen LogP contribution in [0, 0.1) is 0 Å². The Morgan fingerprint density at radius 2 is 2.00 bits per heavy atom. The molecule has 0 bridgehead atoms. The number of quaternary nitrogens is 1. The van der Waals surface area contributed by atoms with E-state index in [4.69, 9.17) is 9.47 Å². The molecule has 7 heteroatoms. The summed E-state index contributed by atoms with van der Waals surface area (Å²) in [6, 6.07) is 7.71. The SMILES string of the molecule is COc1ccc(-n2nnnc2C[NH+]2CCOCC2)cc1. The first-order valence-electron chi connectivity index (χ1n) is 6.70. The average Bonchev–Trinajstić information content (AvgIpc) is 2.96. The Morgan fingerprint density at radius 3 is 2.70 bits per heavy atom. The maximum atomic E-state index is 5.37. The van der Waals surface area contributed by atoms with Gasteiger partial charge in [-0.25, -0.2) is 0 Å². The Bertz CT molecular complexity index is 548. The summed E-state index contributed by atoms with van der Waals surface area (Å²) in [5.41, 5.74) is 0.943. The zero-order chi connectivity index (χ0) is 13.8. The molecule has 2 heterocycles. The number of morpholine rings is 1. The van der Waals surface area contributed by atoms with Crippen molar-refractivity contribution >= 4 is 0 Å². The predicted molar refractivity (Wildman–Crippen MR) is 70.9 cm³/mol. The normalized spacial score (nSPS) is 16.2. The molecule has 20 heavy (non-hydrogen) atoms. The number of rotatable bonds is 4. The van der Waals surface area contributed by atoms with E-state index in [1.807, 2.05) is 24.3 Å². The maximum absolute atomic E-state index is 5.37. The molecule has 3 rings (SSSR count). The molecule has 7 nitrogen and oxygen atoms in total. The lowest BCUT2D eigenvalue weighted by Gasteiger charge is -2.23. The fourth-order valence-electron chi connectivity index (χ4n) is 2.30. The van der Waals surface area contributed by atoms with Crippen molar-refractivity contribution in [3.63, 3.8) is 0 Å². The smallest absolute Gasteiger partial charge is 0.210 e. The maximum Gasteiger partial charge on any atom is 0.210 e. The van der Waals surface area contributed by atoms with Gasteiger partial charge in [-0.05, 0) is 34.7 Å². The highest BCUT2D eigenvalue weighted by molar-refractivity contribution is 5.36. The molecule has 1 aromatic heterocycles. The number of nitrogens with one attached hydrogen (secondary N) is 1. The van der Waals surface area contributed by atoms with E-state index in [-0.39, 0.29) is 0 Å². The van der Waals surface area contributed by atoms with Gasteiger partial charge in [-0.2, -0.15) is 4.68 Å². The molecule has 1 aliphatic rings. The summed E-state index contributed by atoms with van der Waals surface area (Å²) in [7, 11) is 1.65. The number of methoxy groups -OCH3 is 1. The van der Waals surface area contributed by atoms with Crippen LogP contribution in [-0.4, -0.2) is 53.6 Å². The van der Waals surface area contributed by atoms with Gasteiger partial charge in [-0.1, -0.05) is 0 Å². The molecule has 1 aliphatic heterocycles. The van der Waals surface area contributed by atoms with Gasteiger partial charge < -0.3 is 14.4 Å². The van der Waals surface area contributed by atoms with Gasteiger partial charge >= 0.3 is 0 Å². The van der Waals surface area contributed by atoms with Gasteiger partial charge in [-0.15, -0.1) is 5.10 Å². The minimum absolute atomic E-state index is 0.805. The monoisotopic (exact) mass is 276 g/mol. The summed E-state index contributed by atoms with van der Waals surface area (Å²) in [5, 5.41) is 12.0. The predicted octanol–water partition coefficient (Wildman–Crippen LogP) is -0.914. The number of benzene rings is 1. The first kappa shape index (κ1) is 13.0. The molecule has 0 saturated carbocycles. The summed E-state index contributed by atoms with van der Waals surface area (Å²) in [6.07, 6.45) is 0. The van der Waals surface area contributed by atoms with Gasteiger partial charge in [0.1, 0.15) is 25.4 Å². The Hall–Kier alpha value is -1.99. The third kappa shape index (κ3) is 2.78. The highest BCUT2D eigenvalue weighted by Crippen LogP contribution is 2.14. The molecule has 1 N–H and O–H groups in total. The van der Waals surface area contributed by atoms with Gasteiger partial charge in [0.05, 0.1) is 26.0 Å². The van der Waals surface area contributed by atoms with Crippen molar-refractivity contribution in [1.82, 2.24) is 20.2 Å². The second-order valence-corrected chi connectivity index (χ2v) is 4.74. The molecule has 0 atom stereocenters. The Balaban J connectivity index is 1.77. The van der Waals surface area contributed by atoms with Crippen LogP contribution < -0.4 is 9.64 Å². The van der Waals surface area contributed by atoms with Crippen LogP contribution in [0.1, 0.15) is 5.82 Å². The minimum atomic E-state index is 0.805. The zero-order valence-corrected chi connectivity index (χ0v) is 11.5. The Morgan fingerprint density at radius 1 is 1.25 bits per heavy atom. The minimum Gasteiger partial charge on any atom is -0.497 e. The van der Waals surface area contributed by atoms with Crippen LogP contribution in [0.2, 0.25) is 0 Å². The van der Waals surface area contributed by atoms with Crippen molar-refractivity contribution in [3.8, 4) is 11.4 Å². The average molecular weight is 276 g/mol. The van der Waals surface area contributed by atoms with E-state index in [1.54, 1.807) is 11.8 Å². The summed E-state index contributed by atoms with van der Waals surface area (Å²) in [6.45, 7) is 4.41. The van der Waals surface area contributed by atoms with E-state index >= 15 is 0 Å². The largest absolute Gasteiger partial charge is 0.497 e. The molecule has 2 aromatic rings. The molecule has 0 spiro atoms. The molecular formula is C13H18N5O2+. The Kier molecular flexibility index (Phi) is 3.89. The molecule has 0 aliphatic carbocycles. The second kappa shape index (κ2) is 5.98. The first-order chi connectivity index (χ1) is 9.86. The van der Waals surface area contributed by atoms with Crippen LogP contribution >= 0.6 is 0 Å². The van der Waals surface area contributed by atoms with Gasteiger partial charge in [0, 0.05) is 0 Å². The van der Waals surface area contributed by atoms with E-state index in [0.717, 1.165) is 50.1 Å². The zero-order valence-electron chi connectivity index (χ0n) is 11.5. The number of tetrazole rings is 1. The number of nitrogens with zero attached hydrogens (tertiary/aromatic N) is 4. The molecule has 1 saturated heterocycles. The molecule has 0 radical (unpaired) electrons. The van der Waals surface area contributed by atoms with Gasteiger partial charge in [0.25, 0.3) is 0 Å². The second-order valence-electron chi connectivity index (χ2n) is 4.74. The summed E-state index contributed by atoms with van der Waals surface area (Å²) >= 11 is 0. The van der Waals surface area contributed by atoms with Gasteiger partial charge in [0.2, 0.25) is 5.82 Å². The van der Waals surface area contributed by atoms with Crippen molar-refractivity contribution in [2.45, 2.75) is 6.54 Å². The lowest BCUT2D eigenvalue weighted by molar-refractivity contribution is -0.922. The van der Waals surface area contributed by atoms with Crippen molar-refractivity contribution in [1.29, 1.82) is 0 Å². The van der Waals surface area contributed by atoms with E-state index in [0.29, 0.717) is 0 Å². The van der Waals surface area contributed by atoms with E-state index in [2.05, 4.69) is 15.5 Å². The quantitative estimate of drug-likeness (QED) is 0.783. The number of aromatic nitrogens is 4. The van der Waals surface area contributed by atoms with Crippen LogP contribution in [0.3, 0.4) is 0 Å². The molecule has 1 aromatic carbocycles. The van der Waals surface area contributed by atoms with Gasteiger partial charge in [0.15, 0.2) is 0 Å². The van der Waals surface area contributed by atoms with Crippen LogP contribution in [0.25, 0.3) is 5.69 Å². The van der Waals surface area contributed by atoms with Crippen LogP contribution in [0.4, 0.5) is 0 Å². The molecule has 0 amide bonds. The molecule has 106 valence electrons. The highest BCUT2D eigenvalue weighted by Gasteiger charge is 2.18. The van der Waals surface area contributed by atoms with Gasteiger partial charge in [-0.3, -0.25) is 0 Å². The summed E-state index contributed by atoms with van der Waals surface area (Å²) in [4.78, 5) is 1.45. The first-order valence-corrected chi connectivity index (χ1v) is 6.70. The highest BCUT2D eigenvalue weighted by atomic mass is 16.5. The lowest BCUT2D eigenvalue weighted by Crippen LogP contribution is -3.12.